The Morgan fingerprint density at radius 2 is 2.46 bits per heavy atom. The molecule has 0 saturated carbocycles. The first-order chi connectivity index (χ1) is 6.27. The van der Waals surface area contributed by atoms with Gasteiger partial charge in [0.05, 0.1) is 0 Å². The Kier molecular flexibility index (Phi) is 1.78. The molecular weight excluding hydrogens is 192 g/mol. The SMILES string of the molecule is O=C(O)c1ncn(-c2ccns2)n1. The van der Waals surface area contributed by atoms with Crippen molar-refractivity contribution in [1.82, 2.24) is 19.1 Å². The summed E-state index contributed by atoms with van der Waals surface area (Å²) in [6.45, 7) is 0. The van der Waals surface area contributed by atoms with E-state index in [4.69, 9.17) is 5.11 Å². The van der Waals surface area contributed by atoms with Gasteiger partial charge in [-0.1, -0.05) is 0 Å². The number of aromatic nitrogens is 4. The fraction of sp³-hybridized carbons (Fsp3) is 0. The third kappa shape index (κ3) is 1.41. The van der Waals surface area contributed by atoms with E-state index in [9.17, 15) is 4.79 Å². The summed E-state index contributed by atoms with van der Waals surface area (Å²) in [4.78, 5) is 14.0. The fourth-order valence-electron chi connectivity index (χ4n) is 0.794. The monoisotopic (exact) mass is 196 g/mol. The van der Waals surface area contributed by atoms with Crippen LogP contribution in [-0.4, -0.2) is 30.2 Å². The minimum Gasteiger partial charge on any atom is -0.475 e. The van der Waals surface area contributed by atoms with Crippen LogP contribution in [0.25, 0.3) is 5.00 Å². The van der Waals surface area contributed by atoms with Gasteiger partial charge in [-0.05, 0) is 17.6 Å². The third-order valence-corrected chi connectivity index (χ3v) is 2.07. The number of carboxylic acid groups (broad SMARTS) is 1. The Hall–Kier alpha value is -1.76. The molecule has 0 aromatic carbocycles. The second-order valence-electron chi connectivity index (χ2n) is 2.17. The molecule has 2 heterocycles. The molecule has 13 heavy (non-hydrogen) atoms. The molecular formula is C6H4N4O2S. The summed E-state index contributed by atoms with van der Waals surface area (Å²) in [5.74, 6) is -1.35. The molecule has 0 bridgehead atoms. The lowest BCUT2D eigenvalue weighted by atomic mass is 10.6. The molecule has 0 spiro atoms. The average molecular weight is 196 g/mol. The van der Waals surface area contributed by atoms with Crippen LogP contribution < -0.4 is 0 Å². The summed E-state index contributed by atoms with van der Waals surface area (Å²) >= 11 is 1.22. The molecule has 0 aliphatic heterocycles. The molecule has 1 N–H and O–H groups in total. The minimum atomic E-state index is -1.14. The maximum Gasteiger partial charge on any atom is 0.375 e. The van der Waals surface area contributed by atoms with Gasteiger partial charge in [-0.15, -0.1) is 5.10 Å². The van der Waals surface area contributed by atoms with Crippen molar-refractivity contribution in [1.29, 1.82) is 0 Å². The summed E-state index contributed by atoms with van der Waals surface area (Å²) in [6, 6.07) is 1.73. The third-order valence-electron chi connectivity index (χ3n) is 1.33. The molecule has 2 aromatic rings. The van der Waals surface area contributed by atoms with Crippen LogP contribution in [0.2, 0.25) is 0 Å². The topological polar surface area (TPSA) is 80.9 Å². The lowest BCUT2D eigenvalue weighted by Crippen LogP contribution is -2.00. The fourth-order valence-corrected chi connectivity index (χ4v) is 1.32. The van der Waals surface area contributed by atoms with Crippen LogP contribution in [0.4, 0.5) is 0 Å². The van der Waals surface area contributed by atoms with Crippen molar-refractivity contribution in [2.75, 3.05) is 0 Å². The largest absolute Gasteiger partial charge is 0.475 e. The summed E-state index contributed by atoms with van der Waals surface area (Å²) in [6.07, 6.45) is 2.96. The Balaban J connectivity index is 2.39. The van der Waals surface area contributed by atoms with E-state index in [2.05, 4.69) is 14.5 Å². The molecule has 0 fully saturated rings. The van der Waals surface area contributed by atoms with E-state index >= 15 is 0 Å². The Bertz CT molecular complexity index is 422. The minimum absolute atomic E-state index is 0.214. The molecule has 0 unspecified atom stereocenters. The van der Waals surface area contributed by atoms with Crippen molar-refractivity contribution in [3.8, 4) is 5.00 Å². The summed E-state index contributed by atoms with van der Waals surface area (Å²) in [7, 11) is 0. The Morgan fingerprint density at radius 3 is 3.00 bits per heavy atom. The van der Waals surface area contributed by atoms with Crippen LogP contribution in [0.1, 0.15) is 10.6 Å². The zero-order chi connectivity index (χ0) is 9.26. The normalized spacial score (nSPS) is 10.2. The van der Waals surface area contributed by atoms with Crippen molar-refractivity contribution >= 4 is 17.5 Å². The maximum atomic E-state index is 10.4. The predicted octanol–water partition coefficient (Wildman–Crippen LogP) is 0.422. The molecule has 0 aliphatic carbocycles. The smallest absolute Gasteiger partial charge is 0.375 e. The van der Waals surface area contributed by atoms with Crippen LogP contribution in [0.5, 0.6) is 0 Å². The van der Waals surface area contributed by atoms with Crippen molar-refractivity contribution < 1.29 is 9.90 Å². The number of carboxylic acids is 1. The molecule has 0 radical (unpaired) electrons. The first-order valence-corrected chi connectivity index (χ1v) is 4.11. The van der Waals surface area contributed by atoms with E-state index in [0.717, 1.165) is 5.00 Å². The number of rotatable bonds is 2. The highest BCUT2D eigenvalue weighted by Crippen LogP contribution is 2.09. The van der Waals surface area contributed by atoms with E-state index in [1.807, 2.05) is 0 Å². The number of nitrogens with zero attached hydrogens (tertiary/aromatic N) is 4. The second kappa shape index (κ2) is 2.94. The molecule has 7 heteroatoms. The van der Waals surface area contributed by atoms with Crippen LogP contribution in [0.15, 0.2) is 18.6 Å². The zero-order valence-corrected chi connectivity index (χ0v) is 7.10. The maximum absolute atomic E-state index is 10.4. The molecule has 0 saturated heterocycles. The Morgan fingerprint density at radius 1 is 1.62 bits per heavy atom. The van der Waals surface area contributed by atoms with E-state index in [0.29, 0.717) is 0 Å². The summed E-state index contributed by atoms with van der Waals surface area (Å²) < 4.78 is 5.23. The van der Waals surface area contributed by atoms with Crippen LogP contribution in [0, 0.1) is 0 Å². The average Bonchev–Trinajstić information content (AvgIpc) is 2.75. The predicted molar refractivity (Wildman–Crippen MR) is 44.0 cm³/mol. The molecule has 0 aliphatic rings. The van der Waals surface area contributed by atoms with E-state index < -0.39 is 5.97 Å². The van der Waals surface area contributed by atoms with E-state index in [-0.39, 0.29) is 5.82 Å². The van der Waals surface area contributed by atoms with Gasteiger partial charge in [0.2, 0.25) is 0 Å². The quantitative estimate of drug-likeness (QED) is 0.752. The lowest BCUT2D eigenvalue weighted by molar-refractivity contribution is 0.0683. The highest BCUT2D eigenvalue weighted by Gasteiger charge is 2.09. The number of hydrogen-bond donors (Lipinski definition) is 1. The molecule has 0 atom stereocenters. The van der Waals surface area contributed by atoms with Gasteiger partial charge in [0, 0.05) is 6.20 Å². The molecule has 6 nitrogen and oxygen atoms in total. The number of hydrogen-bond acceptors (Lipinski definition) is 5. The molecule has 66 valence electrons. The van der Waals surface area contributed by atoms with Gasteiger partial charge in [0.15, 0.2) is 0 Å². The number of aromatic carboxylic acids is 1. The number of carbonyl (C=O) groups is 1. The van der Waals surface area contributed by atoms with Gasteiger partial charge in [0.25, 0.3) is 5.82 Å². The first kappa shape index (κ1) is 7.87. The van der Waals surface area contributed by atoms with Gasteiger partial charge in [-0.2, -0.15) is 4.37 Å². The van der Waals surface area contributed by atoms with Gasteiger partial charge >= 0.3 is 5.97 Å². The highest BCUT2D eigenvalue weighted by atomic mass is 32.1. The van der Waals surface area contributed by atoms with Crippen molar-refractivity contribution in [2.24, 2.45) is 0 Å². The van der Waals surface area contributed by atoms with E-state index in [1.54, 1.807) is 12.3 Å². The molecule has 2 aromatic heterocycles. The highest BCUT2D eigenvalue weighted by molar-refractivity contribution is 7.08. The molecule has 0 amide bonds. The second-order valence-corrected chi connectivity index (χ2v) is 2.98. The van der Waals surface area contributed by atoms with Gasteiger partial charge in [-0.25, -0.2) is 14.5 Å². The Labute approximate surface area is 76.6 Å². The zero-order valence-electron chi connectivity index (χ0n) is 6.28. The summed E-state index contributed by atoms with van der Waals surface area (Å²) in [5, 5.41) is 13.0. The summed E-state index contributed by atoms with van der Waals surface area (Å²) in [5.41, 5.74) is 0. The van der Waals surface area contributed by atoms with Crippen molar-refractivity contribution in [2.45, 2.75) is 0 Å². The van der Waals surface area contributed by atoms with Gasteiger partial charge < -0.3 is 5.11 Å². The van der Waals surface area contributed by atoms with Crippen LogP contribution >= 0.6 is 11.5 Å². The molecule has 2 rings (SSSR count). The van der Waals surface area contributed by atoms with Gasteiger partial charge in [0.1, 0.15) is 11.3 Å². The van der Waals surface area contributed by atoms with Crippen molar-refractivity contribution in [3.63, 3.8) is 0 Å². The van der Waals surface area contributed by atoms with Crippen LogP contribution in [-0.2, 0) is 0 Å². The van der Waals surface area contributed by atoms with E-state index in [1.165, 1.54) is 22.5 Å². The van der Waals surface area contributed by atoms with Gasteiger partial charge in [-0.3, -0.25) is 0 Å². The van der Waals surface area contributed by atoms with Crippen molar-refractivity contribution in [3.05, 3.63) is 24.4 Å². The van der Waals surface area contributed by atoms with Crippen LogP contribution in [0.3, 0.4) is 0 Å². The standard InChI is InChI=1S/C6H4N4O2S/c11-6(12)5-7-3-10(9-5)4-1-2-8-13-4/h1-3H,(H,11,12). The lowest BCUT2D eigenvalue weighted by Gasteiger charge is -1.89. The first-order valence-electron chi connectivity index (χ1n) is 3.33.